The second-order valence-electron chi connectivity index (χ2n) is 7.52. The predicted molar refractivity (Wildman–Crippen MR) is 118 cm³/mol. The van der Waals surface area contributed by atoms with E-state index in [1.807, 2.05) is 36.6 Å². The fourth-order valence-corrected chi connectivity index (χ4v) is 3.71. The maximum absolute atomic E-state index is 12.7. The van der Waals surface area contributed by atoms with Crippen LogP contribution in [0, 0.1) is 39.0 Å². The number of pyridine rings is 2. The van der Waals surface area contributed by atoms with Crippen molar-refractivity contribution in [3.63, 3.8) is 0 Å². The Morgan fingerprint density at radius 1 is 1.10 bits per heavy atom. The molecule has 0 bridgehead atoms. The molecule has 0 radical (unpaired) electrons. The molecule has 3 heterocycles. The minimum absolute atomic E-state index is 0.112. The average Bonchev–Trinajstić information content (AvgIpc) is 3.02. The summed E-state index contributed by atoms with van der Waals surface area (Å²) in [5.41, 5.74) is 7.72. The van der Waals surface area contributed by atoms with E-state index in [1.54, 1.807) is 12.3 Å². The predicted octanol–water partition coefficient (Wildman–Crippen LogP) is 4.20. The molecule has 0 saturated heterocycles. The number of benzene rings is 1. The van der Waals surface area contributed by atoms with Crippen molar-refractivity contribution in [3.8, 4) is 11.8 Å². The Hall–Kier alpha value is -3.85. The minimum Gasteiger partial charge on any atom is -0.378 e. The molecule has 0 aliphatic rings. The highest BCUT2D eigenvalue weighted by Crippen LogP contribution is 2.25. The largest absolute Gasteiger partial charge is 0.378 e. The molecule has 6 heteroatoms. The van der Waals surface area contributed by atoms with Gasteiger partial charge in [-0.25, -0.2) is 4.98 Å². The lowest BCUT2D eigenvalue weighted by atomic mass is 10.0. The van der Waals surface area contributed by atoms with E-state index in [4.69, 9.17) is 4.98 Å². The molecular weight excluding hydrogens is 374 g/mol. The van der Waals surface area contributed by atoms with Crippen LogP contribution in [0.3, 0.4) is 0 Å². The van der Waals surface area contributed by atoms with Gasteiger partial charge in [0.1, 0.15) is 11.6 Å². The summed E-state index contributed by atoms with van der Waals surface area (Å²) in [7, 11) is 0. The van der Waals surface area contributed by atoms with Crippen molar-refractivity contribution in [2.24, 2.45) is 0 Å². The van der Waals surface area contributed by atoms with Crippen molar-refractivity contribution in [2.75, 3.05) is 5.32 Å². The zero-order valence-corrected chi connectivity index (χ0v) is 17.5. The maximum Gasteiger partial charge on any atom is 0.273 e. The van der Waals surface area contributed by atoms with Gasteiger partial charge in [-0.05, 0) is 62.6 Å². The molecule has 1 N–H and O–H groups in total. The second kappa shape index (κ2) is 7.53. The van der Waals surface area contributed by atoms with Crippen molar-refractivity contribution in [3.05, 3.63) is 92.8 Å². The number of nitrogens with one attached hydrogen (secondary N) is 1. The summed E-state index contributed by atoms with van der Waals surface area (Å²) >= 11 is 0. The molecule has 3 aromatic heterocycles. The fraction of sp³-hybridized carbons (Fsp3) is 0.208. The second-order valence-corrected chi connectivity index (χ2v) is 7.52. The highest BCUT2D eigenvalue weighted by atomic mass is 16.1. The van der Waals surface area contributed by atoms with E-state index in [-0.39, 0.29) is 11.1 Å². The molecular formula is C24H23N5O. The van der Waals surface area contributed by atoms with Crippen LogP contribution < -0.4 is 10.9 Å². The van der Waals surface area contributed by atoms with Crippen LogP contribution in [0.4, 0.5) is 5.69 Å². The fourth-order valence-electron chi connectivity index (χ4n) is 3.71. The van der Waals surface area contributed by atoms with Crippen LogP contribution >= 0.6 is 0 Å². The van der Waals surface area contributed by atoms with E-state index in [0.717, 1.165) is 22.7 Å². The van der Waals surface area contributed by atoms with Gasteiger partial charge in [0.25, 0.3) is 5.56 Å². The Morgan fingerprint density at radius 3 is 2.53 bits per heavy atom. The number of hydrogen-bond donors (Lipinski definition) is 1. The van der Waals surface area contributed by atoms with Crippen LogP contribution in [0.2, 0.25) is 0 Å². The highest BCUT2D eigenvalue weighted by Gasteiger charge is 2.14. The van der Waals surface area contributed by atoms with Crippen molar-refractivity contribution in [2.45, 2.75) is 34.2 Å². The third-order valence-corrected chi connectivity index (χ3v) is 5.63. The lowest BCUT2D eigenvalue weighted by Crippen LogP contribution is -2.20. The molecule has 0 atom stereocenters. The average molecular weight is 397 g/mol. The molecule has 0 aliphatic carbocycles. The van der Waals surface area contributed by atoms with Crippen LogP contribution in [-0.4, -0.2) is 14.0 Å². The summed E-state index contributed by atoms with van der Waals surface area (Å²) in [6.07, 6.45) is 3.57. The van der Waals surface area contributed by atoms with Crippen LogP contribution in [0.25, 0.3) is 11.3 Å². The van der Waals surface area contributed by atoms with Crippen molar-refractivity contribution in [1.29, 1.82) is 5.26 Å². The molecule has 0 saturated carbocycles. The lowest BCUT2D eigenvalue weighted by molar-refractivity contribution is 0.953. The van der Waals surface area contributed by atoms with E-state index in [9.17, 15) is 10.1 Å². The van der Waals surface area contributed by atoms with Gasteiger partial charge in [-0.3, -0.25) is 9.36 Å². The van der Waals surface area contributed by atoms with Crippen molar-refractivity contribution >= 4 is 11.3 Å². The molecule has 4 rings (SSSR count). The van der Waals surface area contributed by atoms with Gasteiger partial charge in [0, 0.05) is 24.6 Å². The summed E-state index contributed by atoms with van der Waals surface area (Å²) in [6.45, 7) is 8.83. The zero-order chi connectivity index (χ0) is 21.4. The van der Waals surface area contributed by atoms with Crippen molar-refractivity contribution in [1.82, 2.24) is 14.0 Å². The minimum atomic E-state index is -0.338. The van der Waals surface area contributed by atoms with Crippen LogP contribution in [0.1, 0.15) is 33.6 Å². The van der Waals surface area contributed by atoms with Gasteiger partial charge in [-0.15, -0.1) is 0 Å². The SMILES string of the molecule is Cc1cccc(C)c1CNc1cc(-n2cccc(C#N)c2=O)cn2c(C)c(C)nc12. The Labute approximate surface area is 175 Å². The van der Waals surface area contributed by atoms with Crippen LogP contribution in [0.15, 0.2) is 53.6 Å². The van der Waals surface area contributed by atoms with Crippen LogP contribution in [0.5, 0.6) is 0 Å². The standard InChI is InChI=1S/C24H23N5O/c1-15-7-5-8-16(2)21(15)13-26-22-11-20(14-29-18(4)17(3)27-23(22)29)28-10-6-9-19(12-25)24(28)30/h5-11,14,26H,13H2,1-4H3. The quantitative estimate of drug-likeness (QED) is 0.560. The van der Waals surface area contributed by atoms with Gasteiger partial charge in [0.15, 0.2) is 5.65 Å². The summed E-state index contributed by atoms with van der Waals surface area (Å²) in [6, 6.07) is 13.4. The maximum atomic E-state index is 12.7. The Bertz CT molecular complexity index is 1350. The smallest absolute Gasteiger partial charge is 0.273 e. The zero-order valence-electron chi connectivity index (χ0n) is 17.5. The number of nitrogens with zero attached hydrogens (tertiary/aromatic N) is 4. The lowest BCUT2D eigenvalue weighted by Gasteiger charge is -2.15. The summed E-state index contributed by atoms with van der Waals surface area (Å²) < 4.78 is 3.49. The summed E-state index contributed by atoms with van der Waals surface area (Å²) in [5.74, 6) is 0. The molecule has 1 aromatic carbocycles. The Morgan fingerprint density at radius 2 is 1.83 bits per heavy atom. The van der Waals surface area contributed by atoms with Gasteiger partial charge in [0.05, 0.1) is 17.1 Å². The first kappa shape index (κ1) is 19.5. The number of rotatable bonds is 4. The number of anilines is 1. The third kappa shape index (κ3) is 3.25. The Balaban J connectivity index is 1.86. The molecule has 0 unspecified atom stereocenters. The number of aryl methyl sites for hydroxylation is 4. The van der Waals surface area contributed by atoms with Crippen molar-refractivity contribution < 1.29 is 0 Å². The summed E-state index contributed by atoms with van der Waals surface area (Å²) in [4.78, 5) is 17.4. The molecule has 30 heavy (non-hydrogen) atoms. The molecule has 0 aliphatic heterocycles. The normalized spacial score (nSPS) is 10.9. The first-order valence-corrected chi connectivity index (χ1v) is 9.81. The molecule has 4 aromatic rings. The topological polar surface area (TPSA) is 75.1 Å². The van der Waals surface area contributed by atoms with E-state index < -0.39 is 0 Å². The number of nitriles is 1. The van der Waals surface area contributed by atoms with Gasteiger partial charge in [-0.2, -0.15) is 5.26 Å². The van der Waals surface area contributed by atoms with E-state index in [0.29, 0.717) is 12.2 Å². The molecule has 0 amide bonds. The first-order valence-electron chi connectivity index (χ1n) is 9.81. The van der Waals surface area contributed by atoms with Gasteiger partial charge in [-0.1, -0.05) is 18.2 Å². The Kier molecular flexibility index (Phi) is 4.88. The van der Waals surface area contributed by atoms with Crippen LogP contribution in [-0.2, 0) is 6.54 Å². The summed E-state index contributed by atoms with van der Waals surface area (Å²) in [5, 5.41) is 12.8. The molecule has 0 fully saturated rings. The van der Waals surface area contributed by atoms with E-state index in [2.05, 4.69) is 37.4 Å². The van der Waals surface area contributed by atoms with E-state index >= 15 is 0 Å². The number of hydrogen-bond acceptors (Lipinski definition) is 4. The van der Waals surface area contributed by atoms with Gasteiger partial charge < -0.3 is 9.72 Å². The number of aromatic nitrogens is 3. The molecule has 0 spiro atoms. The highest BCUT2D eigenvalue weighted by molar-refractivity contribution is 5.72. The number of fused-ring (bicyclic) bond motifs is 1. The third-order valence-electron chi connectivity index (χ3n) is 5.63. The monoisotopic (exact) mass is 397 g/mol. The van der Waals surface area contributed by atoms with E-state index in [1.165, 1.54) is 27.3 Å². The molecule has 150 valence electrons. The van der Waals surface area contributed by atoms with Gasteiger partial charge >= 0.3 is 0 Å². The van der Waals surface area contributed by atoms with Gasteiger partial charge in [0.2, 0.25) is 0 Å². The first-order chi connectivity index (χ1) is 14.4. The molecule has 6 nitrogen and oxygen atoms in total. The number of imidazole rings is 1.